The van der Waals surface area contributed by atoms with Crippen molar-refractivity contribution < 1.29 is 14.7 Å². The molecule has 5 nitrogen and oxygen atoms in total. The van der Waals surface area contributed by atoms with Crippen molar-refractivity contribution in [2.75, 3.05) is 6.54 Å². The maximum atomic E-state index is 11.6. The molecule has 110 valence electrons. The Labute approximate surface area is 126 Å². The SMILES string of the molecule is CCCC(CNC(=O)NCc1cccc(Br)c1)C(=O)O. The Bertz CT molecular complexity index is 465. The van der Waals surface area contributed by atoms with Crippen LogP contribution in [0.1, 0.15) is 25.3 Å². The first kappa shape index (κ1) is 16.5. The molecule has 20 heavy (non-hydrogen) atoms. The van der Waals surface area contributed by atoms with Crippen molar-refractivity contribution in [1.82, 2.24) is 10.6 Å². The normalized spacial score (nSPS) is 11.7. The van der Waals surface area contributed by atoms with E-state index >= 15 is 0 Å². The minimum absolute atomic E-state index is 0.146. The van der Waals surface area contributed by atoms with Crippen molar-refractivity contribution in [1.29, 1.82) is 0 Å². The molecular weight excluding hydrogens is 324 g/mol. The number of benzene rings is 1. The van der Waals surface area contributed by atoms with Gasteiger partial charge in [0, 0.05) is 17.6 Å². The summed E-state index contributed by atoms with van der Waals surface area (Å²) in [4.78, 5) is 22.5. The van der Waals surface area contributed by atoms with Crippen LogP contribution in [0.15, 0.2) is 28.7 Å². The Balaban J connectivity index is 2.34. The summed E-state index contributed by atoms with van der Waals surface area (Å²) in [7, 11) is 0. The van der Waals surface area contributed by atoms with Gasteiger partial charge in [0.15, 0.2) is 0 Å². The maximum Gasteiger partial charge on any atom is 0.315 e. The van der Waals surface area contributed by atoms with E-state index in [1.54, 1.807) is 0 Å². The van der Waals surface area contributed by atoms with E-state index in [0.717, 1.165) is 16.5 Å². The third-order valence-corrected chi connectivity index (χ3v) is 3.33. The van der Waals surface area contributed by atoms with Gasteiger partial charge < -0.3 is 15.7 Å². The second-order valence-corrected chi connectivity index (χ2v) is 5.43. The maximum absolute atomic E-state index is 11.6. The van der Waals surface area contributed by atoms with E-state index in [1.807, 2.05) is 31.2 Å². The average molecular weight is 343 g/mol. The Morgan fingerprint density at radius 3 is 2.70 bits per heavy atom. The van der Waals surface area contributed by atoms with Crippen LogP contribution in [-0.2, 0) is 11.3 Å². The molecule has 0 saturated heterocycles. The summed E-state index contributed by atoms with van der Waals surface area (Å²) in [6.45, 7) is 2.47. The molecule has 1 aromatic rings. The van der Waals surface area contributed by atoms with Crippen molar-refractivity contribution in [2.24, 2.45) is 5.92 Å². The summed E-state index contributed by atoms with van der Waals surface area (Å²) >= 11 is 3.36. The third kappa shape index (κ3) is 6.06. The van der Waals surface area contributed by atoms with Gasteiger partial charge in [-0.25, -0.2) is 4.79 Å². The zero-order chi connectivity index (χ0) is 15.0. The first-order chi connectivity index (χ1) is 9.52. The third-order valence-electron chi connectivity index (χ3n) is 2.84. The number of amides is 2. The monoisotopic (exact) mass is 342 g/mol. The molecular formula is C14H19BrN2O3. The fourth-order valence-electron chi connectivity index (χ4n) is 1.77. The molecule has 0 aliphatic heterocycles. The molecule has 1 aromatic carbocycles. The van der Waals surface area contributed by atoms with Crippen LogP contribution in [0, 0.1) is 5.92 Å². The highest BCUT2D eigenvalue weighted by Crippen LogP contribution is 2.11. The van der Waals surface area contributed by atoms with E-state index in [1.165, 1.54) is 0 Å². The smallest absolute Gasteiger partial charge is 0.315 e. The molecule has 0 fully saturated rings. The first-order valence-electron chi connectivity index (χ1n) is 6.52. The molecule has 1 unspecified atom stereocenters. The first-order valence-corrected chi connectivity index (χ1v) is 7.31. The Morgan fingerprint density at radius 2 is 2.10 bits per heavy atom. The molecule has 0 heterocycles. The van der Waals surface area contributed by atoms with Crippen LogP contribution in [0.5, 0.6) is 0 Å². The van der Waals surface area contributed by atoms with Crippen LogP contribution in [-0.4, -0.2) is 23.7 Å². The summed E-state index contributed by atoms with van der Waals surface area (Å²) < 4.78 is 0.950. The number of nitrogens with one attached hydrogen (secondary N) is 2. The van der Waals surface area contributed by atoms with Gasteiger partial charge in [-0.3, -0.25) is 4.79 Å². The van der Waals surface area contributed by atoms with Crippen molar-refractivity contribution >= 4 is 27.9 Å². The van der Waals surface area contributed by atoms with Gasteiger partial charge in [-0.05, 0) is 24.1 Å². The van der Waals surface area contributed by atoms with Crippen molar-refractivity contribution in [3.05, 3.63) is 34.3 Å². The molecule has 0 aliphatic rings. The van der Waals surface area contributed by atoms with Gasteiger partial charge in [-0.2, -0.15) is 0 Å². The second kappa shape index (κ2) is 8.58. The molecule has 3 N–H and O–H groups in total. The minimum Gasteiger partial charge on any atom is -0.481 e. The van der Waals surface area contributed by atoms with Crippen molar-refractivity contribution in [2.45, 2.75) is 26.3 Å². The van der Waals surface area contributed by atoms with E-state index in [0.29, 0.717) is 13.0 Å². The number of aliphatic carboxylic acids is 1. The number of carbonyl (C=O) groups is 2. The van der Waals surface area contributed by atoms with E-state index in [-0.39, 0.29) is 12.6 Å². The number of urea groups is 1. The lowest BCUT2D eigenvalue weighted by Crippen LogP contribution is -2.39. The van der Waals surface area contributed by atoms with Crippen molar-refractivity contribution in [3.8, 4) is 0 Å². The predicted molar refractivity (Wildman–Crippen MR) is 80.4 cm³/mol. The van der Waals surface area contributed by atoms with E-state index < -0.39 is 11.9 Å². The lowest BCUT2D eigenvalue weighted by molar-refractivity contribution is -0.141. The van der Waals surface area contributed by atoms with Gasteiger partial charge in [-0.15, -0.1) is 0 Å². The van der Waals surface area contributed by atoms with Gasteiger partial charge in [0.1, 0.15) is 0 Å². The molecule has 0 aromatic heterocycles. The van der Waals surface area contributed by atoms with Gasteiger partial charge in [0.2, 0.25) is 0 Å². The molecule has 1 rings (SSSR count). The fourth-order valence-corrected chi connectivity index (χ4v) is 2.22. The second-order valence-electron chi connectivity index (χ2n) is 4.52. The Morgan fingerprint density at radius 1 is 1.35 bits per heavy atom. The summed E-state index contributed by atoms with van der Waals surface area (Å²) in [5, 5.41) is 14.3. The largest absolute Gasteiger partial charge is 0.481 e. The lowest BCUT2D eigenvalue weighted by atomic mass is 10.0. The molecule has 0 bridgehead atoms. The van der Waals surface area contributed by atoms with Crippen LogP contribution in [0.4, 0.5) is 4.79 Å². The highest BCUT2D eigenvalue weighted by atomic mass is 79.9. The van der Waals surface area contributed by atoms with Gasteiger partial charge in [0.05, 0.1) is 5.92 Å². The number of carboxylic acids is 1. The van der Waals surface area contributed by atoms with Crippen LogP contribution >= 0.6 is 15.9 Å². The fraction of sp³-hybridized carbons (Fsp3) is 0.429. The van der Waals surface area contributed by atoms with E-state index in [4.69, 9.17) is 5.11 Å². The molecule has 2 amide bonds. The van der Waals surface area contributed by atoms with E-state index in [9.17, 15) is 9.59 Å². The number of halogens is 1. The molecule has 0 aliphatic carbocycles. The van der Waals surface area contributed by atoms with Crippen molar-refractivity contribution in [3.63, 3.8) is 0 Å². The standard InChI is InChI=1S/C14H19BrN2O3/c1-2-4-11(13(18)19)9-17-14(20)16-8-10-5-3-6-12(15)7-10/h3,5-7,11H,2,4,8-9H2,1H3,(H,18,19)(H2,16,17,20). The Hall–Kier alpha value is -1.56. The van der Waals surface area contributed by atoms with Gasteiger partial charge in [0.25, 0.3) is 0 Å². The number of hydrogen-bond acceptors (Lipinski definition) is 2. The summed E-state index contributed by atoms with van der Waals surface area (Å²) in [6.07, 6.45) is 1.33. The number of hydrogen-bond donors (Lipinski definition) is 3. The molecule has 6 heteroatoms. The molecule has 0 radical (unpaired) electrons. The summed E-state index contributed by atoms with van der Waals surface area (Å²) in [6, 6.07) is 7.26. The number of carbonyl (C=O) groups excluding carboxylic acids is 1. The molecule has 0 saturated carbocycles. The van der Waals surface area contributed by atoms with E-state index in [2.05, 4.69) is 26.6 Å². The average Bonchev–Trinajstić information content (AvgIpc) is 2.41. The zero-order valence-electron chi connectivity index (χ0n) is 11.4. The summed E-state index contributed by atoms with van der Waals surface area (Å²) in [5.74, 6) is -1.41. The zero-order valence-corrected chi connectivity index (χ0v) is 12.9. The minimum atomic E-state index is -0.876. The van der Waals surface area contributed by atoms with Crippen LogP contribution in [0.2, 0.25) is 0 Å². The van der Waals surface area contributed by atoms with Crippen LogP contribution in [0.3, 0.4) is 0 Å². The highest BCUT2D eigenvalue weighted by molar-refractivity contribution is 9.10. The van der Waals surface area contributed by atoms with Gasteiger partial charge >= 0.3 is 12.0 Å². The Kier molecular flexibility index (Phi) is 7.08. The lowest BCUT2D eigenvalue weighted by Gasteiger charge is -2.13. The highest BCUT2D eigenvalue weighted by Gasteiger charge is 2.16. The topological polar surface area (TPSA) is 78.4 Å². The summed E-state index contributed by atoms with van der Waals surface area (Å²) in [5.41, 5.74) is 0.970. The number of carboxylic acid groups (broad SMARTS) is 1. The quantitative estimate of drug-likeness (QED) is 0.712. The molecule has 1 atom stereocenters. The number of rotatable bonds is 7. The van der Waals surface area contributed by atoms with Gasteiger partial charge in [-0.1, -0.05) is 41.4 Å². The van der Waals surface area contributed by atoms with Crippen LogP contribution < -0.4 is 10.6 Å². The predicted octanol–water partition coefficient (Wildman–Crippen LogP) is 2.75. The van der Waals surface area contributed by atoms with Crippen LogP contribution in [0.25, 0.3) is 0 Å². The molecule has 0 spiro atoms.